The quantitative estimate of drug-likeness (QED) is 0.519. The van der Waals surface area contributed by atoms with Crippen LogP contribution in [0.3, 0.4) is 0 Å². The normalized spacial score (nSPS) is 20.4. The fourth-order valence-corrected chi connectivity index (χ4v) is 4.10. The maximum absolute atomic E-state index is 5.67. The zero-order chi connectivity index (χ0) is 17.5. The molecule has 1 fully saturated rings. The number of ether oxygens (including phenoxy) is 1. The molecule has 0 spiro atoms. The van der Waals surface area contributed by atoms with Gasteiger partial charge in [-0.05, 0) is 72.8 Å². The second-order valence-electron chi connectivity index (χ2n) is 7.50. The first-order chi connectivity index (χ1) is 12.3. The Hall–Kier alpha value is -1.76. The van der Waals surface area contributed by atoms with E-state index in [1.807, 2.05) is 0 Å². The molecule has 0 bridgehead atoms. The zero-order valence-corrected chi connectivity index (χ0v) is 15.8. The van der Waals surface area contributed by atoms with E-state index in [2.05, 4.69) is 62.4 Å². The van der Waals surface area contributed by atoms with Gasteiger partial charge in [-0.15, -0.1) is 0 Å². The molecule has 0 saturated heterocycles. The lowest BCUT2D eigenvalue weighted by atomic mass is 9.77. The topological polar surface area (TPSA) is 9.23 Å². The van der Waals surface area contributed by atoms with E-state index >= 15 is 0 Å². The molecule has 2 aromatic carbocycles. The smallest absolute Gasteiger partial charge is 0.119 e. The van der Waals surface area contributed by atoms with Crippen LogP contribution in [0.1, 0.15) is 70.3 Å². The maximum atomic E-state index is 5.67. The van der Waals surface area contributed by atoms with Gasteiger partial charge in [-0.25, -0.2) is 0 Å². The molecule has 0 heterocycles. The maximum Gasteiger partial charge on any atom is 0.119 e. The van der Waals surface area contributed by atoms with Crippen molar-refractivity contribution in [1.29, 1.82) is 0 Å². The minimum absolute atomic E-state index is 0.770. The van der Waals surface area contributed by atoms with E-state index < -0.39 is 0 Å². The van der Waals surface area contributed by atoms with Gasteiger partial charge >= 0.3 is 0 Å². The summed E-state index contributed by atoms with van der Waals surface area (Å²) in [5.41, 5.74) is 4.09. The molecule has 1 heteroatoms. The first-order valence-corrected chi connectivity index (χ1v) is 10.1. The van der Waals surface area contributed by atoms with Crippen molar-refractivity contribution in [1.82, 2.24) is 0 Å². The lowest BCUT2D eigenvalue weighted by Gasteiger charge is -2.28. The van der Waals surface area contributed by atoms with E-state index in [-0.39, 0.29) is 0 Å². The molecule has 0 atom stereocenters. The highest BCUT2D eigenvalue weighted by Crippen LogP contribution is 2.38. The molecule has 0 unspecified atom stereocenters. The van der Waals surface area contributed by atoms with Crippen LogP contribution in [0.4, 0.5) is 0 Å². The van der Waals surface area contributed by atoms with Crippen LogP contribution in [-0.2, 0) is 0 Å². The van der Waals surface area contributed by atoms with E-state index in [0.29, 0.717) is 0 Å². The molecule has 1 saturated carbocycles. The van der Waals surface area contributed by atoms with Crippen LogP contribution in [-0.4, -0.2) is 6.61 Å². The lowest BCUT2D eigenvalue weighted by Crippen LogP contribution is -2.13. The molecule has 0 amide bonds. The second kappa shape index (κ2) is 9.08. The standard InChI is InChI=1S/C24H32O/c1-3-5-19-6-8-20(9-7-19)21-10-12-22(13-11-21)23-14-16-24(17-15-23)25-18-4-2/h10-17,19-20H,3-9,18H2,1-2H3. The second-order valence-corrected chi connectivity index (χ2v) is 7.50. The molecule has 1 aliphatic rings. The zero-order valence-electron chi connectivity index (χ0n) is 15.8. The summed E-state index contributed by atoms with van der Waals surface area (Å²) < 4.78 is 5.67. The largest absolute Gasteiger partial charge is 0.494 e. The summed E-state index contributed by atoms with van der Waals surface area (Å²) in [6.07, 6.45) is 9.37. The molecule has 1 aliphatic carbocycles. The van der Waals surface area contributed by atoms with Gasteiger partial charge in [0.25, 0.3) is 0 Å². The first kappa shape index (κ1) is 18.0. The van der Waals surface area contributed by atoms with Crippen LogP contribution in [0.5, 0.6) is 5.75 Å². The van der Waals surface area contributed by atoms with Gasteiger partial charge < -0.3 is 4.74 Å². The first-order valence-electron chi connectivity index (χ1n) is 10.1. The molecule has 0 aliphatic heterocycles. The Labute approximate surface area is 153 Å². The molecule has 25 heavy (non-hydrogen) atoms. The number of rotatable bonds is 7. The fourth-order valence-electron chi connectivity index (χ4n) is 4.10. The SMILES string of the molecule is CCCOc1ccc(-c2ccc(C3CCC(CCC)CC3)cc2)cc1. The molecule has 1 nitrogen and oxygen atoms in total. The predicted octanol–water partition coefficient (Wildman–Crippen LogP) is 7.22. The lowest BCUT2D eigenvalue weighted by molar-refractivity contribution is 0.308. The minimum Gasteiger partial charge on any atom is -0.494 e. The third kappa shape index (κ3) is 4.87. The Morgan fingerprint density at radius 1 is 0.760 bits per heavy atom. The highest BCUT2D eigenvalue weighted by molar-refractivity contribution is 5.64. The molecule has 3 rings (SSSR count). The third-order valence-electron chi connectivity index (χ3n) is 5.59. The molecule has 134 valence electrons. The summed E-state index contributed by atoms with van der Waals surface area (Å²) in [5.74, 6) is 2.71. The Kier molecular flexibility index (Phi) is 6.55. The summed E-state index contributed by atoms with van der Waals surface area (Å²) in [7, 11) is 0. The van der Waals surface area contributed by atoms with Gasteiger partial charge in [0.2, 0.25) is 0 Å². The van der Waals surface area contributed by atoms with Crippen LogP contribution in [0.15, 0.2) is 48.5 Å². The van der Waals surface area contributed by atoms with Gasteiger partial charge in [-0.1, -0.05) is 63.1 Å². The van der Waals surface area contributed by atoms with Crippen molar-refractivity contribution in [2.45, 2.75) is 64.7 Å². The van der Waals surface area contributed by atoms with Gasteiger partial charge in [0.15, 0.2) is 0 Å². The van der Waals surface area contributed by atoms with Crippen LogP contribution in [0.2, 0.25) is 0 Å². The van der Waals surface area contributed by atoms with Crippen molar-refractivity contribution >= 4 is 0 Å². The Balaban J connectivity index is 1.60. The van der Waals surface area contributed by atoms with Crippen molar-refractivity contribution in [3.63, 3.8) is 0 Å². The van der Waals surface area contributed by atoms with E-state index in [4.69, 9.17) is 4.74 Å². The number of hydrogen-bond acceptors (Lipinski definition) is 1. The molecular weight excluding hydrogens is 304 g/mol. The van der Waals surface area contributed by atoms with Crippen molar-refractivity contribution in [3.8, 4) is 16.9 Å². The van der Waals surface area contributed by atoms with Crippen molar-refractivity contribution in [2.24, 2.45) is 5.92 Å². The van der Waals surface area contributed by atoms with Crippen LogP contribution < -0.4 is 4.74 Å². The van der Waals surface area contributed by atoms with E-state index in [1.54, 1.807) is 0 Å². The van der Waals surface area contributed by atoms with Crippen molar-refractivity contribution < 1.29 is 4.74 Å². The summed E-state index contributed by atoms with van der Waals surface area (Å²) >= 11 is 0. The van der Waals surface area contributed by atoms with E-state index in [9.17, 15) is 0 Å². The fraction of sp³-hybridized carbons (Fsp3) is 0.500. The average Bonchev–Trinajstić information content (AvgIpc) is 2.68. The predicted molar refractivity (Wildman–Crippen MR) is 107 cm³/mol. The van der Waals surface area contributed by atoms with Gasteiger partial charge in [-0.3, -0.25) is 0 Å². The molecule has 0 radical (unpaired) electrons. The molecular formula is C24H32O. The Morgan fingerprint density at radius 3 is 1.92 bits per heavy atom. The summed E-state index contributed by atoms with van der Waals surface area (Å²) in [5, 5.41) is 0. The van der Waals surface area contributed by atoms with Gasteiger partial charge in [-0.2, -0.15) is 0 Å². The van der Waals surface area contributed by atoms with Crippen LogP contribution >= 0.6 is 0 Å². The van der Waals surface area contributed by atoms with Crippen molar-refractivity contribution in [3.05, 3.63) is 54.1 Å². The van der Waals surface area contributed by atoms with Crippen molar-refractivity contribution in [2.75, 3.05) is 6.61 Å². The number of hydrogen-bond donors (Lipinski definition) is 0. The summed E-state index contributed by atoms with van der Waals surface area (Å²) in [6.45, 7) is 5.23. The van der Waals surface area contributed by atoms with Gasteiger partial charge in [0.05, 0.1) is 6.61 Å². The van der Waals surface area contributed by atoms with E-state index in [1.165, 1.54) is 55.2 Å². The van der Waals surface area contributed by atoms with E-state index in [0.717, 1.165) is 30.6 Å². The van der Waals surface area contributed by atoms with Crippen LogP contribution in [0.25, 0.3) is 11.1 Å². The Morgan fingerprint density at radius 2 is 1.36 bits per heavy atom. The van der Waals surface area contributed by atoms with Crippen LogP contribution in [0, 0.1) is 5.92 Å². The average molecular weight is 337 g/mol. The van der Waals surface area contributed by atoms with Gasteiger partial charge in [0, 0.05) is 0 Å². The number of benzene rings is 2. The highest BCUT2D eigenvalue weighted by atomic mass is 16.5. The molecule has 0 N–H and O–H groups in total. The molecule has 2 aromatic rings. The van der Waals surface area contributed by atoms with Gasteiger partial charge in [0.1, 0.15) is 5.75 Å². The Bertz CT molecular complexity index is 618. The monoisotopic (exact) mass is 336 g/mol. The molecule has 0 aromatic heterocycles. The summed E-state index contributed by atoms with van der Waals surface area (Å²) in [4.78, 5) is 0. The summed E-state index contributed by atoms with van der Waals surface area (Å²) in [6, 6.07) is 17.8. The minimum atomic E-state index is 0.770. The third-order valence-corrected chi connectivity index (χ3v) is 5.59. The highest BCUT2D eigenvalue weighted by Gasteiger charge is 2.21.